The van der Waals surface area contributed by atoms with Gasteiger partial charge in [-0.05, 0) is 0 Å². The van der Waals surface area contributed by atoms with Crippen molar-refractivity contribution in [3.8, 4) is 0 Å². The molecule has 0 amide bonds. The second-order valence-electron chi connectivity index (χ2n) is 2.05. The Hall–Kier alpha value is 1.32. The Labute approximate surface area is 74.5 Å². The Morgan fingerprint density at radius 2 is 1.44 bits per heavy atom. The predicted molar refractivity (Wildman–Crippen MR) is 46.4 cm³/mol. The third-order valence-corrected chi connectivity index (χ3v) is 8.32. The molecule has 0 saturated carbocycles. The first-order valence-electron chi connectivity index (χ1n) is 3.39. The summed E-state index contributed by atoms with van der Waals surface area (Å²) in [6.45, 7) is 0. The molecule has 0 nitrogen and oxygen atoms in total. The molecular weight excluding hydrogens is 202 g/mol. The van der Waals surface area contributed by atoms with Gasteiger partial charge in [0.05, 0.1) is 0 Å². The average molecular weight is 216 g/mol. The van der Waals surface area contributed by atoms with Crippen molar-refractivity contribution in [2.24, 2.45) is 0 Å². The maximum atomic E-state index is 2.21. The summed E-state index contributed by atoms with van der Waals surface area (Å²) in [5, 5.41) is 3.18. The molecule has 0 aromatic heterocycles. The second-order valence-corrected chi connectivity index (χ2v) is 8.47. The summed E-state index contributed by atoms with van der Waals surface area (Å²) >= 11 is 3.97. The van der Waals surface area contributed by atoms with Crippen molar-refractivity contribution in [1.82, 2.24) is 0 Å². The van der Waals surface area contributed by atoms with Crippen LogP contribution in [0.1, 0.15) is 0 Å². The van der Waals surface area contributed by atoms with E-state index in [4.69, 9.17) is 0 Å². The molecule has 0 bridgehead atoms. The van der Waals surface area contributed by atoms with E-state index in [1.165, 1.54) is 11.5 Å². The number of thioether (sulfide) groups is 2. The molecule has 9 heavy (non-hydrogen) atoms. The third-order valence-electron chi connectivity index (χ3n) is 1.20. The van der Waals surface area contributed by atoms with Gasteiger partial charge in [-0.15, -0.1) is 0 Å². The second kappa shape index (κ2) is 9.32. The molecule has 52 valence electrons. The zero-order valence-corrected chi connectivity index (χ0v) is 11.0. The summed E-state index contributed by atoms with van der Waals surface area (Å²) in [4.78, 5) is 0. The van der Waals surface area contributed by atoms with Crippen LogP contribution in [0.25, 0.3) is 0 Å². The van der Waals surface area contributed by atoms with Crippen LogP contribution in [0, 0.1) is 0 Å². The van der Waals surface area contributed by atoms with Gasteiger partial charge in [-0.25, -0.2) is 0 Å². The summed E-state index contributed by atoms with van der Waals surface area (Å²) in [7, 11) is 0. The molecule has 0 N–H and O–H groups in total. The molecule has 0 aromatic rings. The maximum absolute atomic E-state index is 2.21. The summed E-state index contributed by atoms with van der Waals surface area (Å²) in [5.74, 6) is 2.85. The van der Waals surface area contributed by atoms with Gasteiger partial charge in [0.15, 0.2) is 0 Å². The molecule has 0 aliphatic heterocycles. The molecule has 0 radical (unpaired) electrons. The Balaban J connectivity index is 2.60. The molecule has 0 atom stereocenters. The van der Waals surface area contributed by atoms with Crippen LogP contribution in [0.2, 0.25) is 10.0 Å². The SMILES string of the molecule is CSC[CH2][Zn][CH2]CSC. The van der Waals surface area contributed by atoms with Crippen molar-refractivity contribution in [2.75, 3.05) is 24.0 Å². The molecule has 0 aliphatic rings. The quantitative estimate of drug-likeness (QED) is 0.494. The summed E-state index contributed by atoms with van der Waals surface area (Å²) in [5.41, 5.74) is 0. The topological polar surface area (TPSA) is 0 Å². The van der Waals surface area contributed by atoms with Crippen LogP contribution in [0.15, 0.2) is 0 Å². The minimum atomic E-state index is -0.0271. The van der Waals surface area contributed by atoms with Gasteiger partial charge in [0.25, 0.3) is 0 Å². The summed E-state index contributed by atoms with van der Waals surface area (Å²) < 4.78 is 0. The average Bonchev–Trinajstić information content (AvgIpc) is 1.89. The molecule has 0 spiro atoms. The van der Waals surface area contributed by atoms with Crippen molar-refractivity contribution in [3.63, 3.8) is 0 Å². The zero-order chi connectivity index (χ0) is 6.95. The Kier molecular flexibility index (Phi) is 10.7. The van der Waals surface area contributed by atoms with E-state index in [9.17, 15) is 0 Å². The Morgan fingerprint density at radius 3 is 1.78 bits per heavy atom. The monoisotopic (exact) mass is 214 g/mol. The molecule has 0 aliphatic carbocycles. The van der Waals surface area contributed by atoms with Crippen molar-refractivity contribution in [2.45, 2.75) is 10.0 Å². The molecular formula is C6H14S2Zn. The third kappa shape index (κ3) is 9.32. The van der Waals surface area contributed by atoms with Crippen LogP contribution < -0.4 is 0 Å². The number of hydrogen-bond donors (Lipinski definition) is 0. The Morgan fingerprint density at radius 1 is 1.00 bits per heavy atom. The van der Waals surface area contributed by atoms with E-state index in [-0.39, 0.29) is 17.1 Å². The number of hydrogen-bond acceptors (Lipinski definition) is 2. The van der Waals surface area contributed by atoms with Crippen LogP contribution >= 0.6 is 23.5 Å². The van der Waals surface area contributed by atoms with Crippen LogP contribution in [-0.4, -0.2) is 24.0 Å². The van der Waals surface area contributed by atoms with Crippen LogP contribution in [0.4, 0.5) is 0 Å². The molecule has 0 fully saturated rings. The molecule has 0 heterocycles. The first-order chi connectivity index (χ1) is 4.41. The molecule has 0 saturated heterocycles. The van der Waals surface area contributed by atoms with E-state index in [1.807, 2.05) is 23.5 Å². The molecule has 0 rings (SSSR count). The fourth-order valence-corrected chi connectivity index (χ4v) is 8.60. The normalized spacial score (nSPS) is 9.11. The van der Waals surface area contributed by atoms with Gasteiger partial charge in [-0.1, -0.05) is 0 Å². The van der Waals surface area contributed by atoms with Gasteiger partial charge in [-0.2, -0.15) is 0 Å². The molecule has 0 unspecified atom stereocenters. The van der Waals surface area contributed by atoms with E-state index in [2.05, 4.69) is 12.5 Å². The van der Waals surface area contributed by atoms with E-state index in [0.717, 1.165) is 0 Å². The summed E-state index contributed by atoms with van der Waals surface area (Å²) in [6, 6.07) is 0. The van der Waals surface area contributed by atoms with Gasteiger partial charge < -0.3 is 0 Å². The fraction of sp³-hybridized carbons (Fsp3) is 1.00. The van der Waals surface area contributed by atoms with E-state index in [0.29, 0.717) is 0 Å². The Bertz CT molecular complexity index is 44.3. The fourth-order valence-electron chi connectivity index (χ4n) is 0.670. The molecule has 3 heteroatoms. The van der Waals surface area contributed by atoms with E-state index in [1.54, 1.807) is 10.0 Å². The van der Waals surface area contributed by atoms with Gasteiger partial charge in [0, 0.05) is 0 Å². The van der Waals surface area contributed by atoms with Crippen LogP contribution in [0.5, 0.6) is 0 Å². The van der Waals surface area contributed by atoms with Gasteiger partial charge in [0.1, 0.15) is 0 Å². The molecule has 0 aromatic carbocycles. The minimum absolute atomic E-state index is 0.0271. The van der Waals surface area contributed by atoms with Gasteiger partial charge >= 0.3 is 74.7 Å². The van der Waals surface area contributed by atoms with Crippen molar-refractivity contribution >= 4 is 23.5 Å². The standard InChI is InChI=1S/2C3H7S.Zn/c2*1-3-4-2;/h2*1,3H2,2H3;. The van der Waals surface area contributed by atoms with E-state index >= 15 is 0 Å². The first-order valence-corrected chi connectivity index (χ1v) is 10.4. The predicted octanol–water partition coefficient (Wildman–Crippen LogP) is 2.63. The van der Waals surface area contributed by atoms with Crippen molar-refractivity contribution < 1.29 is 17.1 Å². The first kappa shape index (κ1) is 10.3. The van der Waals surface area contributed by atoms with E-state index < -0.39 is 0 Å². The van der Waals surface area contributed by atoms with Crippen molar-refractivity contribution in [3.05, 3.63) is 0 Å². The van der Waals surface area contributed by atoms with Crippen LogP contribution in [-0.2, 0) is 17.1 Å². The summed E-state index contributed by atoms with van der Waals surface area (Å²) in [6.07, 6.45) is 4.41. The van der Waals surface area contributed by atoms with Gasteiger partial charge in [0.2, 0.25) is 0 Å². The van der Waals surface area contributed by atoms with Gasteiger partial charge in [-0.3, -0.25) is 0 Å². The van der Waals surface area contributed by atoms with Crippen molar-refractivity contribution in [1.29, 1.82) is 0 Å². The van der Waals surface area contributed by atoms with Crippen LogP contribution in [0.3, 0.4) is 0 Å². The zero-order valence-electron chi connectivity index (χ0n) is 6.35. The number of rotatable bonds is 6.